The molecule has 5 N–H and O–H groups in total. The van der Waals surface area contributed by atoms with Gasteiger partial charge in [0.1, 0.15) is 12.1 Å². The average Bonchev–Trinajstić information content (AvgIpc) is 3.93. The van der Waals surface area contributed by atoms with Crippen LogP contribution in [0.1, 0.15) is 125 Å². The summed E-state index contributed by atoms with van der Waals surface area (Å²) in [6, 6.07) is 13.1. The van der Waals surface area contributed by atoms with Crippen LogP contribution in [0.25, 0.3) is 0 Å². The fourth-order valence-corrected chi connectivity index (χ4v) is 11.2. The molecule has 0 radical (unpaired) electrons. The highest BCUT2D eigenvalue weighted by molar-refractivity contribution is 5.99. The van der Waals surface area contributed by atoms with E-state index in [4.69, 9.17) is 19.9 Å². The predicted octanol–water partition coefficient (Wildman–Crippen LogP) is 6.43. The van der Waals surface area contributed by atoms with Crippen molar-refractivity contribution in [2.24, 2.45) is 47.2 Å². The number of benzene rings is 2. The molecule has 0 aromatic heterocycles. The first kappa shape index (κ1) is 69.3. The number of carbonyl (C=O) groups excluding carboxylic acids is 8. The maximum atomic E-state index is 14.9. The molecule has 2 aromatic carbocycles. The second-order valence-electron chi connectivity index (χ2n) is 23.4. The maximum Gasteiger partial charge on any atom is 0.328 e. The van der Waals surface area contributed by atoms with Crippen molar-refractivity contribution in [2.45, 2.75) is 169 Å². The van der Waals surface area contributed by atoms with Crippen LogP contribution in [0.5, 0.6) is 0 Å². The van der Waals surface area contributed by atoms with Gasteiger partial charge in [-0.15, -0.1) is 0 Å². The molecule has 19 heteroatoms. The number of nitrogens with zero attached hydrogens (tertiary/aromatic N) is 4. The van der Waals surface area contributed by atoms with Gasteiger partial charge in [-0.25, -0.2) is 9.59 Å². The van der Waals surface area contributed by atoms with E-state index in [1.165, 1.54) is 19.1 Å². The molecule has 0 aliphatic carbocycles. The number of esters is 1. The predicted molar refractivity (Wildman–Crippen MR) is 316 cm³/mol. The van der Waals surface area contributed by atoms with Gasteiger partial charge in [-0.3, -0.25) is 33.7 Å². The molecule has 11 atom stereocenters. The van der Waals surface area contributed by atoms with Crippen LogP contribution in [-0.2, 0) is 60.6 Å². The number of likely N-dealkylation sites (tertiary alicyclic amines) is 1. The van der Waals surface area contributed by atoms with Crippen molar-refractivity contribution in [1.29, 1.82) is 0 Å². The Kier molecular flexibility index (Phi) is 29.0. The monoisotopic (exact) mass is 1130 g/mol. The third-order valence-corrected chi connectivity index (χ3v) is 16.7. The van der Waals surface area contributed by atoms with Crippen molar-refractivity contribution in [2.75, 3.05) is 67.0 Å². The van der Waals surface area contributed by atoms with Gasteiger partial charge in [0.15, 0.2) is 5.78 Å². The highest BCUT2D eigenvalue weighted by Crippen LogP contribution is 2.32. The quantitative estimate of drug-likeness (QED) is 0.0439. The number of amides is 7. The van der Waals surface area contributed by atoms with Crippen LogP contribution in [0, 0.1) is 41.4 Å². The van der Waals surface area contributed by atoms with Crippen LogP contribution in [-0.4, -0.2) is 167 Å². The SMILES string of the molecule is CC[C@H](C)[C@@H]([C@@H](CC(=O)N1CCC[C@H]1[C@H](OC)[C@@H](C)C(=O)N[C@@H](Cc1ccccc1)C(=O)OC)OC)N(C)C(=O)[C@@H](CC(=O)[C@H](C(C)C)N(C)CCc1ccc(N(C)C(=O)[C@H](CCCNC(N)=O)NC(=O)[C@@H](C)C(C)C)cc1)C(C)C. The Morgan fingerprint density at radius 2 is 1.35 bits per heavy atom. The van der Waals surface area contributed by atoms with E-state index in [1.807, 2.05) is 129 Å². The lowest BCUT2D eigenvalue weighted by Crippen LogP contribution is -2.55. The second-order valence-corrected chi connectivity index (χ2v) is 23.4. The molecule has 0 spiro atoms. The Morgan fingerprint density at radius 1 is 0.728 bits per heavy atom. The molecule has 1 saturated heterocycles. The number of primary amides is 1. The van der Waals surface area contributed by atoms with Crippen molar-refractivity contribution in [3.05, 3.63) is 65.7 Å². The Hall–Kier alpha value is -5.92. The molecule has 7 amide bonds. The summed E-state index contributed by atoms with van der Waals surface area (Å²) < 4.78 is 17.2. The third kappa shape index (κ3) is 20.2. The summed E-state index contributed by atoms with van der Waals surface area (Å²) in [5, 5.41) is 8.34. The standard InChI is InChI=1S/C62H100N8O11/c1-17-41(8)55(52(79-14)37-53(72)70-33-22-26-50(70)56(80-15)43(10)58(74)66-49(61(77)81-16)35-45-23-19-18-20-24-45)69(13)59(75)47(39(4)5)36-51(71)54(40(6)7)67(11)34-31-44-27-29-46(30-28-44)68(12)60(76)48(25-21-32-64-62(63)78)65-57(73)42(9)38(2)3/h18-20,23-24,27-30,38-43,47-50,52,54-56H,17,21-22,25-26,31-37H2,1-16H3,(H,65,73)(H,66,74)(H3,63,64,78)/t41-,42-,43+,47-,48-,49-,50-,52+,54-,55-,56+/m0/s1. The van der Waals surface area contributed by atoms with Crippen LogP contribution < -0.4 is 26.6 Å². The zero-order valence-electron chi connectivity index (χ0n) is 51.6. The number of likely N-dealkylation sites (N-methyl/N-ethyl adjacent to an activating group) is 3. The number of anilines is 1. The Labute approximate surface area is 483 Å². The number of nitrogens with one attached hydrogen (secondary N) is 3. The number of rotatable bonds is 34. The van der Waals surface area contributed by atoms with E-state index in [9.17, 15) is 38.4 Å². The Morgan fingerprint density at radius 3 is 1.89 bits per heavy atom. The lowest BCUT2D eigenvalue weighted by molar-refractivity contribution is -0.150. The van der Waals surface area contributed by atoms with Gasteiger partial charge in [0.2, 0.25) is 29.5 Å². The van der Waals surface area contributed by atoms with E-state index in [0.29, 0.717) is 57.3 Å². The van der Waals surface area contributed by atoms with E-state index in [0.717, 1.165) is 11.1 Å². The zero-order valence-corrected chi connectivity index (χ0v) is 51.6. The van der Waals surface area contributed by atoms with Crippen molar-refractivity contribution in [3.63, 3.8) is 0 Å². The molecule has 454 valence electrons. The molecule has 1 aliphatic rings. The number of hydrogen-bond donors (Lipinski definition) is 4. The number of nitrogens with two attached hydrogens (primary N) is 1. The summed E-state index contributed by atoms with van der Waals surface area (Å²) in [5.41, 5.74) is 7.73. The molecule has 1 fully saturated rings. The smallest absolute Gasteiger partial charge is 0.328 e. The molecule has 0 saturated carbocycles. The second kappa shape index (κ2) is 33.9. The maximum absolute atomic E-state index is 14.9. The molecule has 19 nitrogen and oxygen atoms in total. The van der Waals surface area contributed by atoms with Crippen molar-refractivity contribution >= 4 is 53.0 Å². The first-order valence-electron chi connectivity index (χ1n) is 29.2. The lowest BCUT2D eigenvalue weighted by Gasteiger charge is -2.41. The van der Waals surface area contributed by atoms with Gasteiger partial charge in [0.05, 0.1) is 49.8 Å². The van der Waals surface area contributed by atoms with Crippen LogP contribution in [0.4, 0.5) is 10.5 Å². The Balaban J connectivity index is 1.74. The van der Waals surface area contributed by atoms with E-state index < -0.39 is 72.2 Å². The highest BCUT2D eigenvalue weighted by atomic mass is 16.5. The van der Waals surface area contributed by atoms with Crippen molar-refractivity contribution in [1.82, 2.24) is 30.7 Å². The molecule has 81 heavy (non-hydrogen) atoms. The highest BCUT2D eigenvalue weighted by Gasteiger charge is 2.44. The minimum absolute atomic E-state index is 0.0264. The first-order chi connectivity index (χ1) is 38.2. The largest absolute Gasteiger partial charge is 0.467 e. The average molecular weight is 1130 g/mol. The minimum Gasteiger partial charge on any atom is -0.467 e. The molecular formula is C62H100N8O11. The molecule has 2 aromatic rings. The molecule has 1 aliphatic heterocycles. The molecule has 0 unspecified atom stereocenters. The summed E-state index contributed by atoms with van der Waals surface area (Å²) in [4.78, 5) is 116. The summed E-state index contributed by atoms with van der Waals surface area (Å²) in [6.45, 7) is 20.7. The molecular weight excluding hydrogens is 1030 g/mol. The molecule has 3 rings (SSSR count). The summed E-state index contributed by atoms with van der Waals surface area (Å²) in [6.07, 6.45) is 2.21. The van der Waals surface area contributed by atoms with Gasteiger partial charge in [0.25, 0.3) is 0 Å². The van der Waals surface area contributed by atoms with Crippen LogP contribution >= 0.6 is 0 Å². The van der Waals surface area contributed by atoms with Crippen LogP contribution in [0.3, 0.4) is 0 Å². The number of carbonyl (C=O) groups is 8. The molecule has 0 bridgehead atoms. The first-order valence-corrected chi connectivity index (χ1v) is 29.2. The van der Waals surface area contributed by atoms with Crippen molar-refractivity contribution < 1.29 is 52.6 Å². The number of urea groups is 1. The number of ether oxygens (including phenoxy) is 3. The van der Waals surface area contributed by atoms with Gasteiger partial charge in [0, 0.05) is 78.3 Å². The van der Waals surface area contributed by atoms with E-state index in [2.05, 4.69) is 16.0 Å². The fourth-order valence-electron chi connectivity index (χ4n) is 11.2. The van der Waals surface area contributed by atoms with Gasteiger partial charge in [-0.2, -0.15) is 0 Å². The van der Waals surface area contributed by atoms with E-state index in [-0.39, 0.29) is 84.8 Å². The van der Waals surface area contributed by atoms with Gasteiger partial charge in [-0.05, 0) is 86.1 Å². The fraction of sp³-hybridized carbons (Fsp3) is 0.677. The zero-order chi connectivity index (χ0) is 60.8. The van der Waals surface area contributed by atoms with E-state index in [1.54, 1.807) is 37.9 Å². The third-order valence-electron chi connectivity index (χ3n) is 16.7. The lowest BCUT2D eigenvalue weighted by atomic mass is 9.83. The number of ketones is 1. The summed E-state index contributed by atoms with van der Waals surface area (Å²) in [7, 11) is 9.70. The van der Waals surface area contributed by atoms with E-state index >= 15 is 0 Å². The van der Waals surface area contributed by atoms with Gasteiger partial charge in [-0.1, -0.05) is 118 Å². The number of Topliss-reactive ketones (excluding diaryl/α,β-unsaturated/α-hetero) is 1. The Bertz CT molecular complexity index is 2330. The summed E-state index contributed by atoms with van der Waals surface area (Å²) >= 11 is 0. The normalized spacial score (nSPS) is 17.3. The van der Waals surface area contributed by atoms with Crippen LogP contribution in [0.2, 0.25) is 0 Å². The molecule has 1 heterocycles. The van der Waals surface area contributed by atoms with Gasteiger partial charge >= 0.3 is 12.0 Å². The minimum atomic E-state index is -0.921. The number of methoxy groups -OCH3 is 3. The van der Waals surface area contributed by atoms with Crippen molar-refractivity contribution in [3.8, 4) is 0 Å². The summed E-state index contributed by atoms with van der Waals surface area (Å²) in [5.74, 6) is -3.83. The van der Waals surface area contributed by atoms with Crippen LogP contribution in [0.15, 0.2) is 54.6 Å². The number of hydrogen-bond acceptors (Lipinski definition) is 12. The topological polar surface area (TPSA) is 239 Å². The van der Waals surface area contributed by atoms with Gasteiger partial charge < -0.3 is 50.6 Å².